The van der Waals surface area contributed by atoms with Gasteiger partial charge in [-0.05, 0) is 81.0 Å². The van der Waals surface area contributed by atoms with E-state index in [1.807, 2.05) is 49.4 Å². The van der Waals surface area contributed by atoms with E-state index in [1.165, 1.54) is 0 Å². The molecule has 1 unspecified atom stereocenters. The Bertz CT molecular complexity index is 1110. The minimum absolute atomic E-state index is 0.129. The number of esters is 1. The zero-order valence-electron chi connectivity index (χ0n) is 20.3. The molecule has 1 aliphatic carbocycles. The van der Waals surface area contributed by atoms with E-state index in [9.17, 15) is 9.36 Å². The summed E-state index contributed by atoms with van der Waals surface area (Å²) in [5, 5.41) is 2.92. The zero-order chi connectivity index (χ0) is 25.4. The van der Waals surface area contributed by atoms with E-state index in [-0.39, 0.29) is 12.5 Å². The number of hydrogen-bond acceptors (Lipinski definition) is 5. The molecule has 1 aliphatic rings. The normalized spacial score (nSPS) is 16.5. The van der Waals surface area contributed by atoms with E-state index in [0.29, 0.717) is 11.5 Å². The SMILES string of the molecule is Cc1ccc(OP(=O)(N[C@@H](Cc2ccccc2)C(=O)OC2CCCCC2)Oc2ccc(Br)cc2)cc1. The molecule has 0 saturated heterocycles. The maximum atomic E-state index is 14.1. The molecule has 4 rings (SSSR count). The largest absolute Gasteiger partial charge is 0.513 e. The predicted octanol–water partition coefficient (Wildman–Crippen LogP) is 7.40. The summed E-state index contributed by atoms with van der Waals surface area (Å²) in [6.45, 7) is 1.96. The van der Waals surface area contributed by atoms with Gasteiger partial charge in [-0.1, -0.05) is 70.4 Å². The fraction of sp³-hybridized carbons (Fsp3) is 0.321. The Hall–Kier alpha value is -2.60. The molecule has 1 N–H and O–H groups in total. The molecule has 0 aliphatic heterocycles. The van der Waals surface area contributed by atoms with Crippen LogP contribution in [0.4, 0.5) is 0 Å². The lowest BCUT2D eigenvalue weighted by Gasteiger charge is -2.28. The van der Waals surface area contributed by atoms with Crippen molar-refractivity contribution in [3.63, 3.8) is 0 Å². The molecule has 3 aromatic carbocycles. The molecular weight excluding hydrogens is 541 g/mol. The van der Waals surface area contributed by atoms with Crippen molar-refractivity contribution in [3.8, 4) is 11.5 Å². The van der Waals surface area contributed by atoms with Crippen molar-refractivity contribution in [3.05, 3.63) is 94.5 Å². The van der Waals surface area contributed by atoms with Gasteiger partial charge in [-0.2, -0.15) is 5.09 Å². The fourth-order valence-corrected chi connectivity index (χ4v) is 5.88. The van der Waals surface area contributed by atoms with Crippen LogP contribution in [0.1, 0.15) is 43.2 Å². The van der Waals surface area contributed by atoms with Crippen molar-refractivity contribution in [1.82, 2.24) is 5.09 Å². The summed E-state index contributed by atoms with van der Waals surface area (Å²) in [4.78, 5) is 13.4. The predicted molar refractivity (Wildman–Crippen MR) is 144 cm³/mol. The van der Waals surface area contributed by atoms with Gasteiger partial charge < -0.3 is 13.8 Å². The van der Waals surface area contributed by atoms with E-state index in [4.69, 9.17) is 13.8 Å². The highest BCUT2D eigenvalue weighted by molar-refractivity contribution is 9.10. The molecule has 0 bridgehead atoms. The van der Waals surface area contributed by atoms with Crippen molar-refractivity contribution in [2.45, 2.75) is 57.6 Å². The fourth-order valence-electron chi connectivity index (χ4n) is 4.10. The Balaban J connectivity index is 1.60. The van der Waals surface area contributed by atoms with Gasteiger partial charge in [-0.25, -0.2) is 4.57 Å². The van der Waals surface area contributed by atoms with E-state index in [2.05, 4.69) is 21.0 Å². The number of rotatable bonds is 10. The average Bonchev–Trinajstić information content (AvgIpc) is 2.88. The van der Waals surface area contributed by atoms with Gasteiger partial charge >= 0.3 is 13.7 Å². The molecule has 3 aromatic rings. The van der Waals surface area contributed by atoms with Crippen LogP contribution >= 0.6 is 23.7 Å². The van der Waals surface area contributed by atoms with E-state index < -0.39 is 19.8 Å². The monoisotopic (exact) mass is 571 g/mol. The third-order valence-corrected chi connectivity index (χ3v) is 8.06. The summed E-state index contributed by atoms with van der Waals surface area (Å²) in [6.07, 6.45) is 5.06. The number of nitrogens with one attached hydrogen (secondary N) is 1. The van der Waals surface area contributed by atoms with Crippen LogP contribution in [0.15, 0.2) is 83.3 Å². The molecule has 1 saturated carbocycles. The summed E-state index contributed by atoms with van der Waals surface area (Å²) in [5.41, 5.74) is 1.94. The van der Waals surface area contributed by atoms with Crippen LogP contribution in [0.5, 0.6) is 11.5 Å². The van der Waals surface area contributed by atoms with Crippen molar-refractivity contribution in [2.24, 2.45) is 0 Å². The first-order valence-corrected chi connectivity index (χ1v) is 14.6. The highest BCUT2D eigenvalue weighted by atomic mass is 79.9. The maximum absolute atomic E-state index is 14.1. The third kappa shape index (κ3) is 7.95. The van der Waals surface area contributed by atoms with E-state index in [0.717, 1.165) is 47.7 Å². The summed E-state index contributed by atoms with van der Waals surface area (Å²) in [7, 11) is -4.06. The van der Waals surface area contributed by atoms with Crippen molar-refractivity contribution in [1.29, 1.82) is 0 Å². The second-order valence-electron chi connectivity index (χ2n) is 9.02. The number of carbonyl (C=O) groups excluding carboxylic acids is 1. The van der Waals surface area contributed by atoms with Gasteiger partial charge in [0.25, 0.3) is 0 Å². The number of halogens is 1. The first kappa shape index (κ1) is 26.5. The second kappa shape index (κ2) is 12.6. The zero-order valence-corrected chi connectivity index (χ0v) is 22.7. The number of aryl methyl sites for hydroxylation is 1. The highest BCUT2D eigenvalue weighted by Gasteiger charge is 2.37. The molecule has 0 spiro atoms. The number of carbonyl (C=O) groups is 1. The number of ether oxygens (including phenoxy) is 1. The Morgan fingerprint density at radius 1 is 0.917 bits per heavy atom. The Morgan fingerprint density at radius 3 is 2.11 bits per heavy atom. The summed E-state index contributed by atoms with van der Waals surface area (Å²) in [6, 6.07) is 22.7. The van der Waals surface area contributed by atoms with Crippen LogP contribution in [0.2, 0.25) is 0 Å². The Morgan fingerprint density at radius 2 is 1.50 bits per heavy atom. The molecule has 1 fully saturated rings. The minimum atomic E-state index is -4.06. The van der Waals surface area contributed by atoms with Gasteiger partial charge in [0, 0.05) is 4.47 Å². The van der Waals surface area contributed by atoms with Gasteiger partial charge in [-0.3, -0.25) is 4.79 Å². The lowest BCUT2D eigenvalue weighted by atomic mass is 9.97. The molecule has 2 atom stereocenters. The van der Waals surface area contributed by atoms with Gasteiger partial charge in [-0.15, -0.1) is 0 Å². The number of benzene rings is 3. The molecule has 0 radical (unpaired) electrons. The summed E-state index contributed by atoms with van der Waals surface area (Å²) < 4.78 is 32.7. The molecule has 36 heavy (non-hydrogen) atoms. The van der Waals surface area contributed by atoms with E-state index in [1.54, 1.807) is 36.4 Å². The Kier molecular flexibility index (Phi) is 9.24. The van der Waals surface area contributed by atoms with Crippen LogP contribution in [-0.2, 0) is 20.5 Å². The second-order valence-corrected chi connectivity index (χ2v) is 11.5. The maximum Gasteiger partial charge on any atom is 0.513 e. The summed E-state index contributed by atoms with van der Waals surface area (Å²) >= 11 is 3.40. The van der Waals surface area contributed by atoms with Crippen molar-refractivity contribution in [2.75, 3.05) is 0 Å². The van der Waals surface area contributed by atoms with Crippen molar-refractivity contribution >= 4 is 29.6 Å². The van der Waals surface area contributed by atoms with Gasteiger partial charge in [0.15, 0.2) is 0 Å². The minimum Gasteiger partial charge on any atom is -0.461 e. The molecular formula is C28H31BrNO5P. The van der Waals surface area contributed by atoms with Gasteiger partial charge in [0.1, 0.15) is 23.6 Å². The first-order chi connectivity index (χ1) is 17.4. The van der Waals surface area contributed by atoms with Crippen LogP contribution in [0.3, 0.4) is 0 Å². The first-order valence-electron chi connectivity index (χ1n) is 12.2. The quantitative estimate of drug-likeness (QED) is 0.202. The van der Waals surface area contributed by atoms with Crippen LogP contribution in [0, 0.1) is 6.92 Å². The molecule has 8 heteroatoms. The van der Waals surface area contributed by atoms with Gasteiger partial charge in [0.2, 0.25) is 0 Å². The van der Waals surface area contributed by atoms with Gasteiger partial charge in [0.05, 0.1) is 0 Å². The van der Waals surface area contributed by atoms with Crippen LogP contribution in [0.25, 0.3) is 0 Å². The highest BCUT2D eigenvalue weighted by Crippen LogP contribution is 2.46. The standard InChI is InChI=1S/C28H31BrNO5P/c1-21-12-16-25(17-13-21)34-36(32,35-26-18-14-23(29)15-19-26)30-27(20-22-8-4-2-5-9-22)28(31)33-24-10-6-3-7-11-24/h2,4-5,8-9,12-19,24,27H,3,6-7,10-11,20H2,1H3,(H,30,32)/t27-,36?/m0/s1. The molecule has 6 nitrogen and oxygen atoms in total. The lowest BCUT2D eigenvalue weighted by Crippen LogP contribution is -2.41. The van der Waals surface area contributed by atoms with Crippen LogP contribution in [-0.4, -0.2) is 18.1 Å². The topological polar surface area (TPSA) is 73.9 Å². The van der Waals surface area contributed by atoms with E-state index >= 15 is 0 Å². The molecule has 0 aromatic heterocycles. The third-order valence-electron chi connectivity index (χ3n) is 6.00. The van der Waals surface area contributed by atoms with Crippen molar-refractivity contribution < 1.29 is 23.1 Å². The smallest absolute Gasteiger partial charge is 0.461 e. The number of hydrogen-bond donors (Lipinski definition) is 1. The lowest BCUT2D eigenvalue weighted by molar-refractivity contribution is -0.152. The Labute approximate surface area is 221 Å². The molecule has 0 heterocycles. The van der Waals surface area contributed by atoms with Crippen LogP contribution < -0.4 is 14.1 Å². The summed E-state index contributed by atoms with van der Waals surface area (Å²) in [5.74, 6) is 0.255. The molecule has 190 valence electrons. The average molecular weight is 572 g/mol. The molecule has 0 amide bonds.